The van der Waals surface area contributed by atoms with Crippen LogP contribution in [0, 0.1) is 0 Å². The highest BCUT2D eigenvalue weighted by Crippen LogP contribution is 2.33. The highest BCUT2D eigenvalue weighted by Gasteiger charge is 2.28. The molecule has 0 bridgehead atoms. The Morgan fingerprint density at radius 3 is 2.88 bits per heavy atom. The first-order valence-corrected chi connectivity index (χ1v) is 8.14. The molecule has 17 heavy (non-hydrogen) atoms. The lowest BCUT2D eigenvalue weighted by Crippen LogP contribution is -2.44. The maximum Gasteiger partial charge on any atom is 0.256 e. The van der Waals surface area contributed by atoms with Crippen LogP contribution in [-0.4, -0.2) is 28.7 Å². The minimum Gasteiger partial charge on any atom is -0.335 e. The number of nitrogens with zero attached hydrogens (tertiary/aromatic N) is 1. The molecule has 0 aliphatic carbocycles. The average Bonchev–Trinajstić information content (AvgIpc) is 2.67. The van der Waals surface area contributed by atoms with Crippen LogP contribution in [0.3, 0.4) is 0 Å². The van der Waals surface area contributed by atoms with Crippen molar-refractivity contribution in [1.29, 1.82) is 0 Å². The molecule has 0 saturated carbocycles. The maximum atomic E-state index is 12.4. The summed E-state index contributed by atoms with van der Waals surface area (Å²) < 4.78 is 1.05. The molecular weight excluding hydrogens is 345 g/mol. The zero-order valence-corrected chi connectivity index (χ0v) is 13.0. The summed E-state index contributed by atoms with van der Waals surface area (Å²) in [6.45, 7) is 0.804. The van der Waals surface area contributed by atoms with E-state index in [1.54, 1.807) is 6.07 Å². The molecule has 1 aliphatic rings. The van der Waals surface area contributed by atoms with Crippen molar-refractivity contribution in [3.05, 3.63) is 20.3 Å². The Morgan fingerprint density at radius 1 is 1.53 bits per heavy atom. The van der Waals surface area contributed by atoms with Gasteiger partial charge in [0.15, 0.2) is 0 Å². The van der Waals surface area contributed by atoms with Crippen LogP contribution in [0.1, 0.15) is 29.6 Å². The Labute approximate surface area is 123 Å². The Kier molecular flexibility index (Phi) is 4.75. The van der Waals surface area contributed by atoms with E-state index in [4.69, 9.17) is 23.2 Å². The van der Waals surface area contributed by atoms with Gasteiger partial charge in [0, 0.05) is 17.9 Å². The first-order valence-electron chi connectivity index (χ1n) is 5.45. The molecule has 1 aliphatic heterocycles. The minimum absolute atomic E-state index is 0.00213. The van der Waals surface area contributed by atoms with Crippen LogP contribution < -0.4 is 0 Å². The molecule has 1 aromatic heterocycles. The zero-order valence-electron chi connectivity index (χ0n) is 9.09. The highest BCUT2D eigenvalue weighted by atomic mass is 79.9. The molecule has 94 valence electrons. The van der Waals surface area contributed by atoms with E-state index in [0.29, 0.717) is 14.2 Å². The summed E-state index contributed by atoms with van der Waals surface area (Å²) in [5, 5.41) is 0.814. The number of halogens is 3. The Balaban J connectivity index is 2.21. The van der Waals surface area contributed by atoms with Crippen LogP contribution in [0.5, 0.6) is 0 Å². The molecule has 2 rings (SSSR count). The largest absolute Gasteiger partial charge is 0.335 e. The van der Waals surface area contributed by atoms with E-state index in [-0.39, 0.29) is 11.9 Å². The molecule has 6 heteroatoms. The fourth-order valence-corrected chi connectivity index (χ4v) is 4.19. The van der Waals surface area contributed by atoms with Gasteiger partial charge in [0.05, 0.1) is 9.90 Å². The van der Waals surface area contributed by atoms with Gasteiger partial charge < -0.3 is 4.90 Å². The Hall–Kier alpha value is 0.230. The van der Waals surface area contributed by atoms with Crippen molar-refractivity contribution in [1.82, 2.24) is 4.90 Å². The number of thiophene rings is 1. The number of carbonyl (C=O) groups is 1. The first kappa shape index (κ1) is 13.7. The standard InChI is InChI=1S/C11H12BrCl2NOS/c12-6-7-3-1-2-4-15(7)11(16)8-5-9(13)17-10(8)14/h5,7H,1-4,6H2. The van der Waals surface area contributed by atoms with E-state index in [1.165, 1.54) is 17.8 Å². The summed E-state index contributed by atoms with van der Waals surface area (Å²) in [5.41, 5.74) is 0.537. The van der Waals surface area contributed by atoms with Crippen molar-refractivity contribution in [3.63, 3.8) is 0 Å². The van der Waals surface area contributed by atoms with E-state index in [2.05, 4.69) is 15.9 Å². The third kappa shape index (κ3) is 2.98. The van der Waals surface area contributed by atoms with Crippen LogP contribution >= 0.6 is 50.5 Å². The summed E-state index contributed by atoms with van der Waals surface area (Å²) in [7, 11) is 0. The van der Waals surface area contributed by atoms with E-state index in [1.807, 2.05) is 4.90 Å². The molecule has 1 fully saturated rings. The van der Waals surface area contributed by atoms with Crippen molar-refractivity contribution in [2.24, 2.45) is 0 Å². The molecule has 1 unspecified atom stereocenters. The van der Waals surface area contributed by atoms with Crippen molar-refractivity contribution in [3.8, 4) is 0 Å². The number of hydrogen-bond acceptors (Lipinski definition) is 2. The second kappa shape index (κ2) is 5.91. The number of amides is 1. The quantitative estimate of drug-likeness (QED) is 0.717. The van der Waals surface area contributed by atoms with E-state index >= 15 is 0 Å². The Bertz CT molecular complexity index is 424. The van der Waals surface area contributed by atoms with Gasteiger partial charge in [0.1, 0.15) is 4.34 Å². The van der Waals surface area contributed by atoms with Gasteiger partial charge in [0.2, 0.25) is 0 Å². The van der Waals surface area contributed by atoms with Crippen molar-refractivity contribution >= 4 is 56.4 Å². The van der Waals surface area contributed by atoms with Crippen LogP contribution in [-0.2, 0) is 0 Å². The molecular formula is C11H12BrCl2NOS. The normalized spacial score (nSPS) is 20.6. The first-order chi connectivity index (χ1) is 8.13. The van der Waals surface area contributed by atoms with Gasteiger partial charge >= 0.3 is 0 Å². The third-order valence-corrected chi connectivity index (χ3v) is 5.19. The fourth-order valence-electron chi connectivity index (χ4n) is 2.07. The summed E-state index contributed by atoms with van der Waals surface area (Å²) in [6.07, 6.45) is 3.29. The molecule has 0 radical (unpaired) electrons. The van der Waals surface area contributed by atoms with E-state index < -0.39 is 0 Å². The van der Waals surface area contributed by atoms with Crippen LogP contribution in [0.4, 0.5) is 0 Å². The summed E-state index contributed by atoms with van der Waals surface area (Å²) in [4.78, 5) is 14.3. The number of rotatable bonds is 2. The monoisotopic (exact) mass is 355 g/mol. The molecule has 1 saturated heterocycles. The van der Waals surface area contributed by atoms with Crippen LogP contribution in [0.2, 0.25) is 8.67 Å². The lowest BCUT2D eigenvalue weighted by molar-refractivity contribution is 0.0642. The van der Waals surface area contributed by atoms with Crippen molar-refractivity contribution < 1.29 is 4.79 Å². The molecule has 0 aromatic carbocycles. The van der Waals surface area contributed by atoms with E-state index in [0.717, 1.165) is 24.7 Å². The average molecular weight is 357 g/mol. The van der Waals surface area contributed by atoms with Crippen molar-refractivity contribution in [2.75, 3.05) is 11.9 Å². The summed E-state index contributed by atoms with van der Waals surface area (Å²) >= 11 is 16.6. The zero-order chi connectivity index (χ0) is 12.4. The number of hydrogen-bond donors (Lipinski definition) is 0. The maximum absolute atomic E-state index is 12.4. The number of alkyl halides is 1. The second-order valence-electron chi connectivity index (χ2n) is 4.04. The topological polar surface area (TPSA) is 20.3 Å². The predicted molar refractivity (Wildman–Crippen MR) is 76.8 cm³/mol. The SMILES string of the molecule is O=C(c1cc(Cl)sc1Cl)N1CCCCC1CBr. The molecule has 1 amide bonds. The predicted octanol–water partition coefficient (Wildman–Crippen LogP) is 4.44. The van der Waals surface area contributed by atoms with Crippen LogP contribution in [0.15, 0.2) is 6.07 Å². The van der Waals surface area contributed by atoms with Gasteiger partial charge in [-0.05, 0) is 25.3 Å². The van der Waals surface area contributed by atoms with Crippen LogP contribution in [0.25, 0.3) is 0 Å². The molecule has 0 spiro atoms. The summed E-state index contributed by atoms with van der Waals surface area (Å²) in [6, 6.07) is 1.93. The molecule has 1 atom stereocenters. The van der Waals surface area contributed by atoms with E-state index in [9.17, 15) is 4.79 Å². The van der Waals surface area contributed by atoms with Gasteiger partial charge in [-0.3, -0.25) is 4.79 Å². The molecule has 0 N–H and O–H groups in total. The summed E-state index contributed by atoms with van der Waals surface area (Å²) in [5.74, 6) is 0.00213. The lowest BCUT2D eigenvalue weighted by atomic mass is 10.0. The molecule has 2 heterocycles. The van der Waals surface area contributed by atoms with Gasteiger partial charge in [0.25, 0.3) is 5.91 Å². The Morgan fingerprint density at radius 2 is 2.29 bits per heavy atom. The molecule has 2 nitrogen and oxygen atoms in total. The van der Waals surface area contributed by atoms with Gasteiger partial charge in [-0.1, -0.05) is 39.1 Å². The minimum atomic E-state index is 0.00213. The van der Waals surface area contributed by atoms with Gasteiger partial charge in [-0.15, -0.1) is 11.3 Å². The second-order valence-corrected chi connectivity index (χ2v) is 6.97. The molecule has 1 aromatic rings. The number of piperidine rings is 1. The number of likely N-dealkylation sites (tertiary alicyclic amines) is 1. The highest BCUT2D eigenvalue weighted by molar-refractivity contribution is 9.09. The fraction of sp³-hybridized carbons (Fsp3) is 0.545. The van der Waals surface area contributed by atoms with Gasteiger partial charge in [-0.25, -0.2) is 0 Å². The smallest absolute Gasteiger partial charge is 0.256 e. The lowest BCUT2D eigenvalue weighted by Gasteiger charge is -2.34. The van der Waals surface area contributed by atoms with Gasteiger partial charge in [-0.2, -0.15) is 0 Å². The number of carbonyl (C=O) groups excluding carboxylic acids is 1. The third-order valence-electron chi connectivity index (χ3n) is 2.95. The van der Waals surface area contributed by atoms with Crippen molar-refractivity contribution in [2.45, 2.75) is 25.3 Å².